The number of nitrogens with zero attached hydrogens (tertiary/aromatic N) is 2. The minimum atomic E-state index is -1.51. The summed E-state index contributed by atoms with van der Waals surface area (Å²) in [5.74, 6) is -1.67. The van der Waals surface area contributed by atoms with E-state index in [-0.39, 0.29) is 30.8 Å². The largest absolute Gasteiger partial charge is 0.458 e. The second kappa shape index (κ2) is 6.64. The molecule has 2 aliphatic rings. The van der Waals surface area contributed by atoms with Gasteiger partial charge in [0, 0.05) is 17.5 Å². The highest BCUT2D eigenvalue weighted by molar-refractivity contribution is 7.16. The molecule has 0 bridgehead atoms. The number of thiophene rings is 1. The number of hydrogen-bond donors (Lipinski definition) is 1. The molecule has 0 saturated heterocycles. The summed E-state index contributed by atoms with van der Waals surface area (Å²) in [5.41, 5.74) is 4.79. The van der Waals surface area contributed by atoms with Crippen LogP contribution in [0.15, 0.2) is 24.4 Å². The monoisotopic (exact) mass is 415 g/mol. The van der Waals surface area contributed by atoms with Crippen LogP contribution in [0.5, 0.6) is 0 Å². The molecule has 0 aromatic carbocycles. The van der Waals surface area contributed by atoms with Crippen molar-refractivity contribution in [3.8, 4) is 0 Å². The van der Waals surface area contributed by atoms with Crippen molar-refractivity contribution in [1.29, 1.82) is 0 Å². The maximum atomic E-state index is 13.2. The number of nitrogens with two attached hydrogens (primary N) is 1. The number of nitrogen functional groups attached to an aromatic ring is 1. The van der Waals surface area contributed by atoms with E-state index in [0.717, 1.165) is 15.3 Å². The van der Waals surface area contributed by atoms with Gasteiger partial charge in [0.1, 0.15) is 11.3 Å². The second-order valence-electron chi connectivity index (χ2n) is 8.15. The molecule has 4 heterocycles. The van der Waals surface area contributed by atoms with E-state index in [1.165, 1.54) is 17.5 Å². The number of carbonyl (C=O) groups excluding carboxylic acids is 3. The quantitative estimate of drug-likeness (QED) is 0.604. The van der Waals surface area contributed by atoms with E-state index in [1.54, 1.807) is 39.0 Å². The van der Waals surface area contributed by atoms with Crippen molar-refractivity contribution in [3.05, 3.63) is 46.1 Å². The Morgan fingerprint density at radius 1 is 1.38 bits per heavy atom. The number of amides is 2. The van der Waals surface area contributed by atoms with Crippen molar-refractivity contribution in [2.75, 3.05) is 12.3 Å². The van der Waals surface area contributed by atoms with Crippen LogP contribution in [-0.2, 0) is 27.3 Å². The molecule has 152 valence electrons. The van der Waals surface area contributed by atoms with Gasteiger partial charge in [-0.05, 0) is 44.5 Å². The molecule has 0 radical (unpaired) electrons. The van der Waals surface area contributed by atoms with Gasteiger partial charge in [-0.15, -0.1) is 11.3 Å². The first kappa shape index (κ1) is 19.5. The molecule has 9 heteroatoms. The minimum absolute atomic E-state index is 0.0770. The number of esters is 1. The third-order valence-corrected chi connectivity index (χ3v) is 5.77. The summed E-state index contributed by atoms with van der Waals surface area (Å²) < 4.78 is 11.6. The van der Waals surface area contributed by atoms with Crippen LogP contribution in [0.4, 0.5) is 5.00 Å². The standard InChI is InChI=1S/C20H21N3O5S/c1-19(2,3)28-18(26)20(8-11-7-14(21)29-13(11)9-27-20)10-23-16(24)12-5-4-6-22-15(12)17(23)25/h4-7H,8-10,21H2,1-3H3. The van der Waals surface area contributed by atoms with Crippen molar-refractivity contribution in [3.63, 3.8) is 0 Å². The maximum Gasteiger partial charge on any atom is 0.341 e. The van der Waals surface area contributed by atoms with Crippen molar-refractivity contribution in [2.24, 2.45) is 0 Å². The molecule has 1 unspecified atom stereocenters. The molecule has 0 saturated carbocycles. The first-order chi connectivity index (χ1) is 13.6. The number of hydrogen-bond acceptors (Lipinski definition) is 8. The smallest absolute Gasteiger partial charge is 0.341 e. The van der Waals surface area contributed by atoms with Gasteiger partial charge < -0.3 is 15.2 Å². The lowest BCUT2D eigenvalue weighted by Gasteiger charge is -2.38. The molecule has 2 amide bonds. The summed E-state index contributed by atoms with van der Waals surface area (Å²) in [6, 6.07) is 4.93. The summed E-state index contributed by atoms with van der Waals surface area (Å²) in [7, 11) is 0. The minimum Gasteiger partial charge on any atom is -0.458 e. The number of rotatable bonds is 3. The Kier molecular flexibility index (Phi) is 4.47. The fourth-order valence-electron chi connectivity index (χ4n) is 3.50. The lowest BCUT2D eigenvalue weighted by atomic mass is 9.91. The summed E-state index contributed by atoms with van der Waals surface area (Å²) in [6.07, 6.45) is 1.61. The zero-order valence-corrected chi connectivity index (χ0v) is 17.2. The van der Waals surface area contributed by atoms with Crippen LogP contribution < -0.4 is 5.73 Å². The second-order valence-corrected chi connectivity index (χ2v) is 9.32. The van der Waals surface area contributed by atoms with Crippen LogP contribution in [0.1, 0.15) is 52.1 Å². The van der Waals surface area contributed by atoms with E-state index in [1.807, 2.05) is 0 Å². The Morgan fingerprint density at radius 3 is 2.83 bits per heavy atom. The predicted octanol–water partition coefficient (Wildman–Crippen LogP) is 2.17. The van der Waals surface area contributed by atoms with E-state index in [2.05, 4.69) is 4.98 Å². The number of ether oxygens (including phenoxy) is 2. The van der Waals surface area contributed by atoms with Gasteiger partial charge in [0.25, 0.3) is 11.8 Å². The first-order valence-corrected chi connectivity index (χ1v) is 9.97. The lowest BCUT2D eigenvalue weighted by Crippen LogP contribution is -2.57. The zero-order valence-electron chi connectivity index (χ0n) is 16.4. The molecule has 8 nitrogen and oxygen atoms in total. The predicted molar refractivity (Wildman–Crippen MR) is 105 cm³/mol. The van der Waals surface area contributed by atoms with Gasteiger partial charge in [0.15, 0.2) is 5.60 Å². The van der Waals surface area contributed by atoms with E-state index in [0.29, 0.717) is 5.00 Å². The lowest BCUT2D eigenvalue weighted by molar-refractivity contribution is -0.188. The molecular weight excluding hydrogens is 394 g/mol. The molecule has 2 aliphatic heterocycles. The third kappa shape index (κ3) is 3.40. The van der Waals surface area contributed by atoms with Gasteiger partial charge in [-0.3, -0.25) is 19.5 Å². The highest BCUT2D eigenvalue weighted by Gasteiger charge is 2.51. The highest BCUT2D eigenvalue weighted by Crippen LogP contribution is 2.38. The highest BCUT2D eigenvalue weighted by atomic mass is 32.1. The van der Waals surface area contributed by atoms with Crippen LogP contribution >= 0.6 is 11.3 Å². The zero-order chi connectivity index (χ0) is 21.0. The van der Waals surface area contributed by atoms with Crippen LogP contribution in [0.25, 0.3) is 0 Å². The van der Waals surface area contributed by atoms with Crippen molar-refractivity contribution in [1.82, 2.24) is 9.88 Å². The number of fused-ring (bicyclic) bond motifs is 2. The molecule has 0 aliphatic carbocycles. The SMILES string of the molecule is CC(C)(C)OC(=O)C1(CN2C(=O)c3cccnc3C2=O)Cc2cc(N)sc2CO1. The Labute approximate surface area is 171 Å². The fourth-order valence-corrected chi connectivity index (χ4v) is 4.37. The van der Waals surface area contributed by atoms with Gasteiger partial charge in [-0.25, -0.2) is 4.79 Å². The molecule has 2 N–H and O–H groups in total. The van der Waals surface area contributed by atoms with Crippen molar-refractivity contribution >= 4 is 34.1 Å². The summed E-state index contributed by atoms with van der Waals surface area (Å²) in [6.45, 7) is 5.15. The summed E-state index contributed by atoms with van der Waals surface area (Å²) in [5, 5.41) is 0.614. The van der Waals surface area contributed by atoms with E-state index in [9.17, 15) is 14.4 Å². The average molecular weight is 415 g/mol. The van der Waals surface area contributed by atoms with Gasteiger partial charge >= 0.3 is 5.97 Å². The van der Waals surface area contributed by atoms with Crippen LogP contribution in [0.2, 0.25) is 0 Å². The summed E-state index contributed by atoms with van der Waals surface area (Å²) >= 11 is 1.39. The first-order valence-electron chi connectivity index (χ1n) is 9.15. The van der Waals surface area contributed by atoms with Gasteiger partial charge in [-0.2, -0.15) is 0 Å². The fraction of sp³-hybridized carbons (Fsp3) is 0.400. The molecule has 2 aromatic heterocycles. The average Bonchev–Trinajstić information content (AvgIpc) is 3.12. The van der Waals surface area contributed by atoms with Crippen LogP contribution in [0, 0.1) is 0 Å². The van der Waals surface area contributed by atoms with E-state index < -0.39 is 29.0 Å². The number of carbonyl (C=O) groups is 3. The Morgan fingerprint density at radius 2 is 2.14 bits per heavy atom. The topological polar surface area (TPSA) is 112 Å². The number of aromatic nitrogens is 1. The number of anilines is 1. The summed E-state index contributed by atoms with van der Waals surface area (Å²) in [4.78, 5) is 44.8. The Balaban J connectivity index is 1.70. The molecule has 1 atom stereocenters. The molecule has 29 heavy (non-hydrogen) atoms. The molecule has 4 rings (SSSR count). The van der Waals surface area contributed by atoms with Crippen LogP contribution in [-0.4, -0.2) is 45.4 Å². The van der Waals surface area contributed by atoms with Gasteiger partial charge in [0.2, 0.25) is 0 Å². The number of imide groups is 1. The van der Waals surface area contributed by atoms with Crippen molar-refractivity contribution < 1.29 is 23.9 Å². The molecular formula is C20H21N3O5S. The number of pyridine rings is 1. The maximum absolute atomic E-state index is 13.2. The Hall–Kier alpha value is -2.78. The Bertz CT molecular complexity index is 990. The molecule has 0 fully saturated rings. The van der Waals surface area contributed by atoms with Gasteiger partial charge in [0.05, 0.1) is 23.7 Å². The van der Waals surface area contributed by atoms with Gasteiger partial charge in [-0.1, -0.05) is 0 Å². The third-order valence-electron chi connectivity index (χ3n) is 4.79. The van der Waals surface area contributed by atoms with E-state index in [4.69, 9.17) is 15.2 Å². The molecule has 0 spiro atoms. The van der Waals surface area contributed by atoms with E-state index >= 15 is 0 Å². The van der Waals surface area contributed by atoms with Crippen molar-refractivity contribution in [2.45, 2.75) is 45.0 Å². The van der Waals surface area contributed by atoms with Crippen LogP contribution in [0.3, 0.4) is 0 Å². The molecule has 2 aromatic rings. The normalized spacial score (nSPS) is 21.1.